The van der Waals surface area contributed by atoms with Crippen LogP contribution in [0.15, 0.2) is 30.6 Å². The van der Waals surface area contributed by atoms with Crippen molar-refractivity contribution >= 4 is 22.1 Å². The molecule has 1 aromatic heterocycles. The molecule has 4 heteroatoms. The summed E-state index contributed by atoms with van der Waals surface area (Å²) >= 11 is 0. The standard InChI is InChI=1S/C14H18N4/c15-13-4-5-14(11-6-7-16-10-12(11)13)17-18-8-2-1-3-9-18/h4-7,10,17H,1-3,8-9,15H2. The van der Waals surface area contributed by atoms with Gasteiger partial charge >= 0.3 is 0 Å². The molecule has 0 amide bonds. The summed E-state index contributed by atoms with van der Waals surface area (Å²) in [4.78, 5) is 4.14. The summed E-state index contributed by atoms with van der Waals surface area (Å²) in [6.07, 6.45) is 7.50. The SMILES string of the molecule is Nc1ccc(NN2CCCCC2)c2ccncc12. The minimum atomic E-state index is 0.780. The molecule has 94 valence electrons. The van der Waals surface area contributed by atoms with Crippen molar-refractivity contribution in [3.63, 3.8) is 0 Å². The number of piperidine rings is 1. The lowest BCUT2D eigenvalue weighted by Crippen LogP contribution is -2.34. The fraction of sp³-hybridized carbons (Fsp3) is 0.357. The van der Waals surface area contributed by atoms with E-state index in [0.717, 1.165) is 35.2 Å². The normalized spacial score (nSPS) is 16.9. The lowest BCUT2D eigenvalue weighted by Gasteiger charge is -2.28. The number of hydrogen-bond acceptors (Lipinski definition) is 4. The molecule has 18 heavy (non-hydrogen) atoms. The Morgan fingerprint density at radius 3 is 2.72 bits per heavy atom. The summed E-state index contributed by atoms with van der Waals surface area (Å²) in [6, 6.07) is 6.00. The van der Waals surface area contributed by atoms with Crippen LogP contribution in [-0.4, -0.2) is 23.1 Å². The van der Waals surface area contributed by atoms with E-state index < -0.39 is 0 Å². The van der Waals surface area contributed by atoms with Crippen molar-refractivity contribution in [1.29, 1.82) is 0 Å². The van der Waals surface area contributed by atoms with E-state index in [0.29, 0.717) is 0 Å². The highest BCUT2D eigenvalue weighted by Gasteiger charge is 2.11. The number of pyridine rings is 1. The van der Waals surface area contributed by atoms with E-state index in [1.807, 2.05) is 30.6 Å². The van der Waals surface area contributed by atoms with E-state index in [2.05, 4.69) is 15.4 Å². The van der Waals surface area contributed by atoms with Crippen molar-refractivity contribution in [3.05, 3.63) is 30.6 Å². The molecular formula is C14H18N4. The van der Waals surface area contributed by atoms with Crippen LogP contribution < -0.4 is 11.2 Å². The fourth-order valence-corrected chi connectivity index (χ4v) is 2.49. The summed E-state index contributed by atoms with van der Waals surface area (Å²) in [5.41, 5.74) is 11.4. The molecular weight excluding hydrogens is 224 g/mol. The van der Waals surface area contributed by atoms with Gasteiger partial charge in [-0.1, -0.05) is 6.42 Å². The number of nitrogen functional groups attached to an aromatic ring is 1. The number of aromatic nitrogens is 1. The summed E-state index contributed by atoms with van der Waals surface area (Å²) in [7, 11) is 0. The Hall–Kier alpha value is -1.81. The van der Waals surface area contributed by atoms with Crippen molar-refractivity contribution in [3.8, 4) is 0 Å². The van der Waals surface area contributed by atoms with Gasteiger partial charge in [-0.15, -0.1) is 0 Å². The third-order valence-corrected chi connectivity index (χ3v) is 3.49. The molecule has 1 aromatic carbocycles. The largest absolute Gasteiger partial charge is 0.398 e. The van der Waals surface area contributed by atoms with E-state index in [1.165, 1.54) is 19.3 Å². The second kappa shape index (κ2) is 4.82. The van der Waals surface area contributed by atoms with Gasteiger partial charge in [0.15, 0.2) is 0 Å². The van der Waals surface area contributed by atoms with Gasteiger partial charge in [-0.3, -0.25) is 4.98 Å². The van der Waals surface area contributed by atoms with E-state index in [-0.39, 0.29) is 0 Å². The lowest BCUT2D eigenvalue weighted by molar-refractivity contribution is 0.273. The number of rotatable bonds is 2. The van der Waals surface area contributed by atoms with Gasteiger partial charge in [-0.25, -0.2) is 5.01 Å². The molecule has 0 saturated carbocycles. The van der Waals surface area contributed by atoms with Crippen LogP contribution in [0, 0.1) is 0 Å². The van der Waals surface area contributed by atoms with Gasteiger partial charge in [0.05, 0.1) is 5.69 Å². The quantitative estimate of drug-likeness (QED) is 0.795. The third kappa shape index (κ3) is 2.11. The van der Waals surface area contributed by atoms with Crippen LogP contribution in [0.4, 0.5) is 11.4 Å². The van der Waals surface area contributed by atoms with Crippen LogP contribution in [0.2, 0.25) is 0 Å². The first kappa shape index (κ1) is 11.3. The number of nitrogens with zero attached hydrogens (tertiary/aromatic N) is 2. The van der Waals surface area contributed by atoms with Gasteiger partial charge in [0.1, 0.15) is 0 Å². The number of fused-ring (bicyclic) bond motifs is 1. The third-order valence-electron chi connectivity index (χ3n) is 3.49. The average Bonchev–Trinajstić information content (AvgIpc) is 2.44. The summed E-state index contributed by atoms with van der Waals surface area (Å²) in [5, 5.41) is 4.43. The van der Waals surface area contributed by atoms with Gasteiger partial charge < -0.3 is 11.2 Å². The Kier molecular flexibility index (Phi) is 3.02. The number of anilines is 2. The van der Waals surface area contributed by atoms with E-state index in [9.17, 15) is 0 Å². The molecule has 1 fully saturated rings. The van der Waals surface area contributed by atoms with E-state index in [1.54, 1.807) is 0 Å². The molecule has 0 unspecified atom stereocenters. The zero-order chi connectivity index (χ0) is 12.4. The molecule has 2 aromatic rings. The molecule has 1 aliphatic rings. The maximum atomic E-state index is 5.98. The topological polar surface area (TPSA) is 54.2 Å². The maximum absolute atomic E-state index is 5.98. The molecule has 1 saturated heterocycles. The molecule has 4 nitrogen and oxygen atoms in total. The number of nitrogens with one attached hydrogen (secondary N) is 1. The molecule has 2 heterocycles. The second-order valence-electron chi connectivity index (χ2n) is 4.78. The zero-order valence-corrected chi connectivity index (χ0v) is 10.4. The molecule has 1 aliphatic heterocycles. The minimum Gasteiger partial charge on any atom is -0.398 e. The van der Waals surface area contributed by atoms with Crippen molar-refractivity contribution in [2.24, 2.45) is 0 Å². The fourth-order valence-electron chi connectivity index (χ4n) is 2.49. The minimum absolute atomic E-state index is 0.780. The molecule has 3 N–H and O–H groups in total. The highest BCUT2D eigenvalue weighted by Crippen LogP contribution is 2.28. The number of hydrogen-bond donors (Lipinski definition) is 2. The number of benzene rings is 1. The molecule has 0 radical (unpaired) electrons. The highest BCUT2D eigenvalue weighted by molar-refractivity contribution is 6.00. The molecule has 3 rings (SSSR count). The smallest absolute Gasteiger partial charge is 0.0571 e. The zero-order valence-electron chi connectivity index (χ0n) is 10.4. The Balaban J connectivity index is 1.94. The van der Waals surface area contributed by atoms with Gasteiger partial charge in [0.2, 0.25) is 0 Å². The first-order chi connectivity index (χ1) is 8.84. The monoisotopic (exact) mass is 242 g/mol. The summed E-state index contributed by atoms with van der Waals surface area (Å²) in [6.45, 7) is 2.22. The number of hydrazine groups is 1. The maximum Gasteiger partial charge on any atom is 0.0571 e. The van der Waals surface area contributed by atoms with Gasteiger partial charge in [-0.2, -0.15) is 0 Å². The Morgan fingerprint density at radius 2 is 1.89 bits per heavy atom. The van der Waals surface area contributed by atoms with Crippen LogP contribution >= 0.6 is 0 Å². The Bertz CT molecular complexity index is 546. The molecule has 0 atom stereocenters. The van der Waals surface area contributed by atoms with E-state index >= 15 is 0 Å². The first-order valence-corrected chi connectivity index (χ1v) is 6.48. The first-order valence-electron chi connectivity index (χ1n) is 6.48. The molecule has 0 spiro atoms. The van der Waals surface area contributed by atoms with Gasteiger partial charge in [0.25, 0.3) is 0 Å². The van der Waals surface area contributed by atoms with Crippen molar-refractivity contribution in [1.82, 2.24) is 9.99 Å². The lowest BCUT2D eigenvalue weighted by atomic mass is 10.1. The van der Waals surface area contributed by atoms with Crippen LogP contribution in [0.25, 0.3) is 10.8 Å². The predicted molar refractivity (Wildman–Crippen MR) is 75.2 cm³/mol. The van der Waals surface area contributed by atoms with Gasteiger partial charge in [-0.05, 0) is 31.0 Å². The average molecular weight is 242 g/mol. The summed E-state index contributed by atoms with van der Waals surface area (Å²) in [5.74, 6) is 0. The van der Waals surface area contributed by atoms with Gasteiger partial charge in [0, 0.05) is 41.9 Å². The van der Waals surface area contributed by atoms with Crippen molar-refractivity contribution in [2.45, 2.75) is 19.3 Å². The number of nitrogens with two attached hydrogens (primary N) is 1. The highest BCUT2D eigenvalue weighted by atomic mass is 15.5. The Labute approximate surface area is 107 Å². The second-order valence-corrected chi connectivity index (χ2v) is 4.78. The van der Waals surface area contributed by atoms with Crippen LogP contribution in [-0.2, 0) is 0 Å². The van der Waals surface area contributed by atoms with Crippen molar-refractivity contribution < 1.29 is 0 Å². The Morgan fingerprint density at radius 1 is 1.06 bits per heavy atom. The van der Waals surface area contributed by atoms with Crippen molar-refractivity contribution in [2.75, 3.05) is 24.2 Å². The van der Waals surface area contributed by atoms with Crippen LogP contribution in [0.5, 0.6) is 0 Å². The van der Waals surface area contributed by atoms with Crippen LogP contribution in [0.1, 0.15) is 19.3 Å². The van der Waals surface area contributed by atoms with E-state index in [4.69, 9.17) is 5.73 Å². The molecule has 0 aliphatic carbocycles. The van der Waals surface area contributed by atoms with Crippen LogP contribution in [0.3, 0.4) is 0 Å². The predicted octanol–water partition coefficient (Wildman–Crippen LogP) is 2.63. The molecule has 0 bridgehead atoms. The summed E-state index contributed by atoms with van der Waals surface area (Å²) < 4.78 is 0.